The molecule has 1 saturated carbocycles. The molecule has 31 heavy (non-hydrogen) atoms. The van der Waals surface area contributed by atoms with Crippen LogP contribution in [0.25, 0.3) is 5.57 Å². The van der Waals surface area contributed by atoms with Gasteiger partial charge in [0.1, 0.15) is 0 Å². The van der Waals surface area contributed by atoms with Crippen molar-refractivity contribution in [2.75, 3.05) is 6.61 Å². The van der Waals surface area contributed by atoms with E-state index in [9.17, 15) is 9.59 Å². The van der Waals surface area contributed by atoms with Gasteiger partial charge in [-0.25, -0.2) is 0 Å². The van der Waals surface area contributed by atoms with Crippen LogP contribution in [0.2, 0.25) is 0 Å². The highest BCUT2D eigenvalue weighted by Crippen LogP contribution is 2.32. The average molecular weight is 418 g/mol. The number of hydrogen-bond acceptors (Lipinski definition) is 3. The molecule has 162 valence electrons. The van der Waals surface area contributed by atoms with Crippen molar-refractivity contribution in [1.82, 2.24) is 4.90 Å². The van der Waals surface area contributed by atoms with Crippen LogP contribution in [0.1, 0.15) is 72.2 Å². The lowest BCUT2D eigenvalue weighted by Gasteiger charge is -2.33. The van der Waals surface area contributed by atoms with Crippen molar-refractivity contribution >= 4 is 17.4 Å². The minimum atomic E-state index is -0.145. The first kappa shape index (κ1) is 21.5. The van der Waals surface area contributed by atoms with Gasteiger partial charge in [-0.2, -0.15) is 0 Å². The third-order valence-corrected chi connectivity index (χ3v) is 6.29. The Morgan fingerprint density at radius 2 is 1.52 bits per heavy atom. The molecule has 2 aliphatic rings. The number of amides is 2. The van der Waals surface area contributed by atoms with Crippen molar-refractivity contribution < 1.29 is 14.3 Å². The zero-order valence-corrected chi connectivity index (χ0v) is 18.4. The highest BCUT2D eigenvalue weighted by Gasteiger charge is 2.40. The molecule has 2 aromatic rings. The van der Waals surface area contributed by atoms with E-state index in [0.717, 1.165) is 32.1 Å². The maximum atomic E-state index is 12.8. The molecule has 4 rings (SSSR count). The van der Waals surface area contributed by atoms with Crippen molar-refractivity contribution in [2.24, 2.45) is 5.92 Å². The van der Waals surface area contributed by atoms with Gasteiger partial charge >= 0.3 is 0 Å². The number of rotatable bonds is 7. The summed E-state index contributed by atoms with van der Waals surface area (Å²) in [4.78, 5) is 27.0. The summed E-state index contributed by atoms with van der Waals surface area (Å²) >= 11 is 0. The van der Waals surface area contributed by atoms with E-state index in [1.54, 1.807) is 12.1 Å². The number of imide groups is 1. The first-order chi connectivity index (χ1) is 15.0. The molecule has 0 bridgehead atoms. The lowest BCUT2D eigenvalue weighted by atomic mass is 9.91. The Labute approximate surface area is 184 Å². The fourth-order valence-corrected chi connectivity index (χ4v) is 4.51. The Bertz CT molecular complexity index is 920. The number of ether oxygens (including phenoxy) is 1. The zero-order chi connectivity index (χ0) is 21.8. The molecule has 1 heterocycles. The number of hydrogen-bond donors (Lipinski definition) is 0. The van der Waals surface area contributed by atoms with E-state index < -0.39 is 0 Å². The lowest BCUT2D eigenvalue weighted by molar-refractivity contribution is 0.0226. The molecule has 1 aliphatic heterocycles. The predicted octanol–water partition coefficient (Wildman–Crippen LogP) is 5.74. The Kier molecular flexibility index (Phi) is 6.67. The van der Waals surface area contributed by atoms with Crippen LogP contribution in [-0.4, -0.2) is 35.5 Å². The molecule has 0 saturated heterocycles. The van der Waals surface area contributed by atoms with E-state index in [1.807, 2.05) is 18.2 Å². The second-order valence-corrected chi connectivity index (χ2v) is 8.99. The molecule has 0 atom stereocenters. The molecule has 1 aliphatic carbocycles. The van der Waals surface area contributed by atoms with Gasteiger partial charge in [-0.15, -0.1) is 0 Å². The number of benzene rings is 2. The van der Waals surface area contributed by atoms with Crippen LogP contribution in [0, 0.1) is 5.92 Å². The van der Waals surface area contributed by atoms with Gasteiger partial charge in [0.25, 0.3) is 11.8 Å². The second-order valence-electron chi connectivity index (χ2n) is 8.99. The number of nitrogens with zero attached hydrogens (tertiary/aromatic N) is 1. The standard InChI is InChI=1S/C27H31NO3/c1-19(2)12-13-21(20-8-4-3-5-9-20)18-31-23-16-14-22(15-17-23)28-26(29)24-10-6-7-11-25(24)27(28)30/h3-11,13,19,22-23H,12,14-18H2,1-2H3/b21-13-/t22-,23-. The second kappa shape index (κ2) is 9.61. The summed E-state index contributed by atoms with van der Waals surface area (Å²) in [5, 5.41) is 0. The number of fused-ring (bicyclic) bond motifs is 1. The van der Waals surface area contributed by atoms with Crippen molar-refractivity contribution in [2.45, 2.75) is 58.1 Å². The van der Waals surface area contributed by atoms with Gasteiger partial charge in [0.15, 0.2) is 0 Å². The van der Waals surface area contributed by atoms with Crippen LogP contribution in [0.3, 0.4) is 0 Å². The number of carbonyl (C=O) groups excluding carboxylic acids is 2. The number of carbonyl (C=O) groups is 2. The maximum Gasteiger partial charge on any atom is 0.261 e. The van der Waals surface area contributed by atoms with Crippen LogP contribution in [0.5, 0.6) is 0 Å². The molecule has 4 nitrogen and oxygen atoms in total. The van der Waals surface area contributed by atoms with Crippen molar-refractivity contribution in [3.63, 3.8) is 0 Å². The largest absolute Gasteiger partial charge is 0.374 e. The van der Waals surface area contributed by atoms with E-state index in [-0.39, 0.29) is 24.0 Å². The first-order valence-corrected chi connectivity index (χ1v) is 11.4. The Hall–Kier alpha value is -2.72. The molecule has 0 N–H and O–H groups in total. The van der Waals surface area contributed by atoms with Crippen LogP contribution in [0.4, 0.5) is 0 Å². The fourth-order valence-electron chi connectivity index (χ4n) is 4.51. The van der Waals surface area contributed by atoms with Gasteiger partial charge < -0.3 is 4.74 Å². The van der Waals surface area contributed by atoms with Gasteiger partial charge in [-0.1, -0.05) is 62.4 Å². The lowest BCUT2D eigenvalue weighted by Crippen LogP contribution is -2.43. The van der Waals surface area contributed by atoms with Crippen LogP contribution in [-0.2, 0) is 4.74 Å². The third-order valence-electron chi connectivity index (χ3n) is 6.29. The third kappa shape index (κ3) is 4.80. The molecule has 4 heteroatoms. The normalized spacial score (nSPS) is 21.6. The quantitative estimate of drug-likeness (QED) is 0.540. The Morgan fingerprint density at radius 1 is 0.935 bits per heavy atom. The van der Waals surface area contributed by atoms with E-state index >= 15 is 0 Å². The minimum absolute atomic E-state index is 0.0303. The fraction of sp³-hybridized carbons (Fsp3) is 0.407. The van der Waals surface area contributed by atoms with Gasteiger partial charge in [-0.3, -0.25) is 14.5 Å². The SMILES string of the molecule is CC(C)C/C=C(/CO[C@H]1CC[C@H](N2C(=O)c3ccccc3C2=O)CC1)c1ccccc1. The summed E-state index contributed by atoms with van der Waals surface area (Å²) in [7, 11) is 0. The molecular weight excluding hydrogens is 386 g/mol. The van der Waals surface area contributed by atoms with E-state index in [0.29, 0.717) is 23.7 Å². The van der Waals surface area contributed by atoms with Crippen LogP contribution >= 0.6 is 0 Å². The monoisotopic (exact) mass is 417 g/mol. The van der Waals surface area contributed by atoms with Gasteiger partial charge in [0, 0.05) is 6.04 Å². The molecule has 1 fully saturated rings. The van der Waals surface area contributed by atoms with E-state index in [4.69, 9.17) is 4.74 Å². The summed E-state index contributed by atoms with van der Waals surface area (Å²) in [6, 6.07) is 17.5. The molecule has 2 aromatic carbocycles. The summed E-state index contributed by atoms with van der Waals surface area (Å²) in [6.45, 7) is 5.04. The van der Waals surface area contributed by atoms with Gasteiger partial charge in [-0.05, 0) is 61.3 Å². The van der Waals surface area contributed by atoms with Crippen molar-refractivity contribution in [3.05, 3.63) is 77.4 Å². The molecule has 0 unspecified atom stereocenters. The summed E-state index contributed by atoms with van der Waals surface area (Å²) in [5.41, 5.74) is 3.52. The highest BCUT2D eigenvalue weighted by atomic mass is 16.5. The van der Waals surface area contributed by atoms with Crippen LogP contribution in [0.15, 0.2) is 60.7 Å². The van der Waals surface area contributed by atoms with Crippen molar-refractivity contribution in [3.8, 4) is 0 Å². The summed E-state index contributed by atoms with van der Waals surface area (Å²) in [5.74, 6) is 0.315. The number of allylic oxidation sites excluding steroid dienone is 1. The zero-order valence-electron chi connectivity index (χ0n) is 18.4. The first-order valence-electron chi connectivity index (χ1n) is 11.4. The maximum absolute atomic E-state index is 12.8. The minimum Gasteiger partial charge on any atom is -0.374 e. The molecule has 0 radical (unpaired) electrons. The Balaban J connectivity index is 1.34. The molecule has 0 spiro atoms. The van der Waals surface area contributed by atoms with E-state index in [1.165, 1.54) is 16.0 Å². The van der Waals surface area contributed by atoms with Gasteiger partial charge in [0.2, 0.25) is 0 Å². The molecular formula is C27H31NO3. The topological polar surface area (TPSA) is 46.6 Å². The predicted molar refractivity (Wildman–Crippen MR) is 123 cm³/mol. The molecule has 2 amide bonds. The van der Waals surface area contributed by atoms with Crippen LogP contribution < -0.4 is 0 Å². The van der Waals surface area contributed by atoms with Crippen molar-refractivity contribution in [1.29, 1.82) is 0 Å². The van der Waals surface area contributed by atoms with E-state index in [2.05, 4.69) is 44.2 Å². The average Bonchev–Trinajstić information content (AvgIpc) is 3.05. The van der Waals surface area contributed by atoms with Gasteiger partial charge in [0.05, 0.1) is 23.8 Å². The smallest absolute Gasteiger partial charge is 0.261 e. The highest BCUT2D eigenvalue weighted by molar-refractivity contribution is 6.21. The Morgan fingerprint density at radius 3 is 2.10 bits per heavy atom. The molecule has 0 aromatic heterocycles. The summed E-state index contributed by atoms with van der Waals surface area (Å²) < 4.78 is 6.30. The summed E-state index contributed by atoms with van der Waals surface area (Å²) in [6.07, 6.45) is 6.82.